The molecule has 0 spiro atoms. The predicted octanol–water partition coefficient (Wildman–Crippen LogP) is 1.98. The monoisotopic (exact) mass is 317 g/mol. The average molecular weight is 317 g/mol. The summed E-state index contributed by atoms with van der Waals surface area (Å²) in [5.41, 5.74) is 1.75. The lowest BCUT2D eigenvalue weighted by Crippen LogP contribution is -2.46. The Hall–Kier alpha value is -1.79. The predicted molar refractivity (Wildman–Crippen MR) is 85.4 cm³/mol. The van der Waals surface area contributed by atoms with Gasteiger partial charge in [-0.15, -0.1) is 11.3 Å². The summed E-state index contributed by atoms with van der Waals surface area (Å²) >= 11 is 1.52. The third kappa shape index (κ3) is 3.34. The first-order chi connectivity index (χ1) is 10.6. The molecule has 2 atom stereocenters. The molecule has 3 rings (SSSR count). The number of pyridine rings is 1. The third-order valence-corrected chi connectivity index (χ3v) is 5.00. The van der Waals surface area contributed by atoms with Crippen molar-refractivity contribution >= 4 is 17.2 Å². The minimum atomic E-state index is -0.418. The highest BCUT2D eigenvalue weighted by Gasteiger charge is 2.27. The number of hydrogen-bond acceptors (Lipinski definition) is 5. The van der Waals surface area contributed by atoms with Crippen molar-refractivity contribution in [3.05, 3.63) is 35.6 Å². The number of aliphatic hydroxyl groups is 1. The van der Waals surface area contributed by atoms with Gasteiger partial charge in [0.05, 0.1) is 18.2 Å². The van der Waals surface area contributed by atoms with Crippen LogP contribution in [0.1, 0.15) is 19.0 Å². The van der Waals surface area contributed by atoms with Crippen molar-refractivity contribution in [3.8, 4) is 10.6 Å². The zero-order chi connectivity index (χ0) is 15.5. The Balaban J connectivity index is 1.64. The number of nitrogens with zero attached hydrogens (tertiary/aromatic N) is 3. The number of piperidine rings is 1. The number of carbonyl (C=O) groups excluding carboxylic acids is 1. The van der Waals surface area contributed by atoms with E-state index in [4.69, 9.17) is 0 Å². The maximum atomic E-state index is 12.3. The van der Waals surface area contributed by atoms with Gasteiger partial charge in [0.2, 0.25) is 5.91 Å². The van der Waals surface area contributed by atoms with Gasteiger partial charge in [0.25, 0.3) is 0 Å². The summed E-state index contributed by atoms with van der Waals surface area (Å²) in [4.78, 5) is 22.7. The van der Waals surface area contributed by atoms with Crippen LogP contribution < -0.4 is 0 Å². The Labute approximate surface area is 133 Å². The number of aromatic nitrogens is 2. The number of aliphatic hydroxyl groups excluding tert-OH is 1. The molecule has 1 aliphatic heterocycles. The zero-order valence-electron chi connectivity index (χ0n) is 12.5. The lowest BCUT2D eigenvalue weighted by Gasteiger charge is -2.34. The van der Waals surface area contributed by atoms with Crippen LogP contribution in [-0.2, 0) is 11.2 Å². The van der Waals surface area contributed by atoms with Gasteiger partial charge in [0.15, 0.2) is 0 Å². The van der Waals surface area contributed by atoms with Gasteiger partial charge < -0.3 is 10.0 Å². The van der Waals surface area contributed by atoms with E-state index in [-0.39, 0.29) is 18.2 Å². The lowest BCUT2D eigenvalue weighted by atomic mass is 9.96. The van der Waals surface area contributed by atoms with Crippen LogP contribution in [0.4, 0.5) is 0 Å². The van der Waals surface area contributed by atoms with Gasteiger partial charge in [-0.2, -0.15) is 0 Å². The molecular weight excluding hydrogens is 298 g/mol. The number of thiazole rings is 1. The molecule has 1 amide bonds. The van der Waals surface area contributed by atoms with Crippen LogP contribution in [0, 0.1) is 5.92 Å². The van der Waals surface area contributed by atoms with Gasteiger partial charge >= 0.3 is 0 Å². The van der Waals surface area contributed by atoms with E-state index < -0.39 is 6.10 Å². The molecule has 2 aromatic rings. The Bertz CT molecular complexity index is 644. The van der Waals surface area contributed by atoms with Crippen molar-refractivity contribution in [2.75, 3.05) is 13.1 Å². The number of β-amino-alcohol motifs (C(OH)–C–C–N with tert-alkyl or cyclic N) is 1. The van der Waals surface area contributed by atoms with Crippen LogP contribution in [0.3, 0.4) is 0 Å². The Morgan fingerprint density at radius 2 is 2.41 bits per heavy atom. The molecule has 3 heterocycles. The zero-order valence-corrected chi connectivity index (χ0v) is 13.3. The smallest absolute Gasteiger partial charge is 0.228 e. The molecule has 1 N–H and O–H groups in total. The molecule has 1 saturated heterocycles. The summed E-state index contributed by atoms with van der Waals surface area (Å²) in [7, 11) is 0. The number of rotatable bonds is 3. The molecule has 0 saturated carbocycles. The Morgan fingerprint density at radius 1 is 1.55 bits per heavy atom. The van der Waals surface area contributed by atoms with Crippen molar-refractivity contribution in [2.45, 2.75) is 25.9 Å². The third-order valence-electron chi connectivity index (χ3n) is 4.06. The number of carbonyl (C=O) groups is 1. The molecular formula is C16H19N3O2S. The van der Waals surface area contributed by atoms with Crippen LogP contribution in [0.2, 0.25) is 0 Å². The van der Waals surface area contributed by atoms with Crippen molar-refractivity contribution in [3.63, 3.8) is 0 Å². The minimum absolute atomic E-state index is 0.0361. The van der Waals surface area contributed by atoms with Gasteiger partial charge in [0.1, 0.15) is 5.01 Å². The lowest BCUT2D eigenvalue weighted by molar-refractivity contribution is -0.134. The summed E-state index contributed by atoms with van der Waals surface area (Å²) in [5, 5.41) is 12.7. The largest absolute Gasteiger partial charge is 0.391 e. The minimum Gasteiger partial charge on any atom is -0.391 e. The normalized spacial score (nSPS) is 21.8. The van der Waals surface area contributed by atoms with Crippen LogP contribution in [0.25, 0.3) is 10.6 Å². The topological polar surface area (TPSA) is 66.3 Å². The van der Waals surface area contributed by atoms with E-state index in [0.717, 1.165) is 29.2 Å². The van der Waals surface area contributed by atoms with Gasteiger partial charge in [-0.1, -0.05) is 6.92 Å². The maximum Gasteiger partial charge on any atom is 0.228 e. The molecule has 2 unspecified atom stereocenters. The van der Waals surface area contributed by atoms with Gasteiger partial charge in [0, 0.05) is 36.4 Å². The van der Waals surface area contributed by atoms with Gasteiger partial charge in [-0.3, -0.25) is 9.78 Å². The molecule has 116 valence electrons. The number of likely N-dealkylation sites (tertiary alicyclic amines) is 1. The summed E-state index contributed by atoms with van der Waals surface area (Å²) in [6.07, 6.45) is 4.22. The van der Waals surface area contributed by atoms with Gasteiger partial charge in [-0.25, -0.2) is 4.98 Å². The van der Waals surface area contributed by atoms with Crippen LogP contribution >= 0.6 is 11.3 Å². The Kier molecular flexibility index (Phi) is 4.49. The van der Waals surface area contributed by atoms with E-state index in [2.05, 4.69) is 9.97 Å². The first-order valence-corrected chi connectivity index (χ1v) is 8.32. The molecule has 0 aliphatic carbocycles. The fourth-order valence-corrected chi connectivity index (χ4v) is 3.36. The van der Waals surface area contributed by atoms with Crippen LogP contribution in [0.15, 0.2) is 29.9 Å². The molecule has 1 fully saturated rings. The van der Waals surface area contributed by atoms with E-state index in [0.29, 0.717) is 6.54 Å². The molecule has 6 heteroatoms. The van der Waals surface area contributed by atoms with Crippen LogP contribution in [0.5, 0.6) is 0 Å². The molecule has 2 aromatic heterocycles. The highest BCUT2D eigenvalue weighted by molar-refractivity contribution is 7.13. The molecule has 5 nitrogen and oxygen atoms in total. The number of amides is 1. The summed E-state index contributed by atoms with van der Waals surface area (Å²) < 4.78 is 0. The van der Waals surface area contributed by atoms with Crippen molar-refractivity contribution < 1.29 is 9.90 Å². The van der Waals surface area contributed by atoms with E-state index in [1.165, 1.54) is 11.3 Å². The summed E-state index contributed by atoms with van der Waals surface area (Å²) in [5.74, 6) is 0.300. The fourth-order valence-electron chi connectivity index (χ4n) is 2.55. The van der Waals surface area contributed by atoms with Crippen molar-refractivity contribution in [2.24, 2.45) is 5.92 Å². The van der Waals surface area contributed by atoms with Gasteiger partial charge in [-0.05, 0) is 24.5 Å². The van der Waals surface area contributed by atoms with Crippen LogP contribution in [-0.4, -0.2) is 45.1 Å². The maximum absolute atomic E-state index is 12.3. The second-order valence-corrected chi connectivity index (χ2v) is 6.59. The first-order valence-electron chi connectivity index (χ1n) is 7.44. The fraction of sp³-hybridized carbons (Fsp3) is 0.438. The molecule has 1 aliphatic rings. The van der Waals surface area contributed by atoms with E-state index in [1.807, 2.05) is 24.4 Å². The molecule has 0 aromatic carbocycles. The van der Waals surface area contributed by atoms with E-state index in [1.54, 1.807) is 17.3 Å². The van der Waals surface area contributed by atoms with E-state index in [9.17, 15) is 9.90 Å². The highest BCUT2D eigenvalue weighted by Crippen LogP contribution is 2.23. The Morgan fingerprint density at radius 3 is 3.14 bits per heavy atom. The quantitative estimate of drug-likeness (QED) is 0.940. The van der Waals surface area contributed by atoms with Crippen molar-refractivity contribution in [1.82, 2.24) is 14.9 Å². The second kappa shape index (κ2) is 6.54. The highest BCUT2D eigenvalue weighted by atomic mass is 32.1. The standard InChI is InChI=1S/C16H19N3O2S/c1-11-4-6-19(9-14(11)20)15(21)7-13-10-22-16(18-13)12-3-2-5-17-8-12/h2-3,5,8,10-11,14,20H,4,6-7,9H2,1H3. The summed E-state index contributed by atoms with van der Waals surface area (Å²) in [6, 6.07) is 3.83. The average Bonchev–Trinajstić information content (AvgIpc) is 2.99. The SMILES string of the molecule is CC1CCN(C(=O)Cc2csc(-c3cccnc3)n2)CC1O. The second-order valence-electron chi connectivity index (χ2n) is 5.74. The molecule has 0 bridgehead atoms. The first kappa shape index (κ1) is 15.1. The number of hydrogen-bond donors (Lipinski definition) is 1. The molecule has 22 heavy (non-hydrogen) atoms. The molecule has 0 radical (unpaired) electrons. The van der Waals surface area contributed by atoms with Crippen molar-refractivity contribution in [1.29, 1.82) is 0 Å². The van der Waals surface area contributed by atoms with E-state index >= 15 is 0 Å². The summed E-state index contributed by atoms with van der Waals surface area (Å²) in [6.45, 7) is 3.17.